The molecular formula is C10H12N4O4S2. The summed E-state index contributed by atoms with van der Waals surface area (Å²) in [6.45, 7) is 0. The molecule has 0 atom stereocenters. The van der Waals surface area contributed by atoms with Gasteiger partial charge in [0.25, 0.3) is 10.0 Å². The van der Waals surface area contributed by atoms with Crippen LogP contribution in [0.1, 0.15) is 0 Å². The molecule has 2 aromatic heterocycles. The van der Waals surface area contributed by atoms with Crippen LogP contribution in [0.4, 0.5) is 5.95 Å². The predicted molar refractivity (Wildman–Crippen MR) is 72.8 cm³/mol. The van der Waals surface area contributed by atoms with Crippen molar-refractivity contribution >= 4 is 27.5 Å². The quantitative estimate of drug-likeness (QED) is 0.804. The Morgan fingerprint density at radius 1 is 1.20 bits per heavy atom. The van der Waals surface area contributed by atoms with Gasteiger partial charge in [0, 0.05) is 13.1 Å². The molecular weight excluding hydrogens is 304 g/mol. The van der Waals surface area contributed by atoms with Gasteiger partial charge >= 0.3 is 0 Å². The fourth-order valence-corrected chi connectivity index (χ4v) is 3.39. The Labute approximate surface area is 120 Å². The predicted octanol–water partition coefficient (Wildman–Crippen LogP) is 0.775. The number of hydrogen-bond donors (Lipinski definition) is 0. The van der Waals surface area contributed by atoms with E-state index in [1.54, 1.807) is 0 Å². The molecule has 0 aliphatic carbocycles. The second-order valence-electron chi connectivity index (χ2n) is 3.58. The van der Waals surface area contributed by atoms with Gasteiger partial charge in [-0.05, 0) is 11.5 Å². The number of sulfonamides is 1. The molecule has 0 saturated heterocycles. The maximum atomic E-state index is 12.3. The van der Waals surface area contributed by atoms with Gasteiger partial charge in [-0.2, -0.15) is 4.37 Å². The van der Waals surface area contributed by atoms with Crippen LogP contribution < -0.4 is 13.8 Å². The van der Waals surface area contributed by atoms with Gasteiger partial charge in [0.2, 0.25) is 11.8 Å². The summed E-state index contributed by atoms with van der Waals surface area (Å²) >= 11 is 0.827. The Morgan fingerprint density at radius 3 is 2.35 bits per heavy atom. The lowest BCUT2D eigenvalue weighted by Gasteiger charge is -2.15. The lowest BCUT2D eigenvalue weighted by atomic mass is 10.6. The molecule has 2 heterocycles. The fraction of sp³-hybridized carbons (Fsp3) is 0.300. The summed E-state index contributed by atoms with van der Waals surface area (Å²) < 4.78 is 39.4. The number of hydrogen-bond acceptors (Lipinski definition) is 8. The van der Waals surface area contributed by atoms with E-state index in [4.69, 9.17) is 9.47 Å². The first-order valence-electron chi connectivity index (χ1n) is 5.34. The molecule has 0 spiro atoms. The minimum atomic E-state index is -3.76. The molecule has 0 aliphatic rings. The molecule has 20 heavy (non-hydrogen) atoms. The molecule has 0 unspecified atom stereocenters. The van der Waals surface area contributed by atoms with Gasteiger partial charge in [-0.1, -0.05) is 0 Å². The van der Waals surface area contributed by atoms with Gasteiger partial charge in [0.05, 0.1) is 26.6 Å². The first-order valence-corrected chi connectivity index (χ1v) is 7.56. The molecule has 0 fully saturated rings. The van der Waals surface area contributed by atoms with E-state index < -0.39 is 10.0 Å². The zero-order chi connectivity index (χ0) is 14.8. The highest BCUT2D eigenvalue weighted by Crippen LogP contribution is 2.26. The van der Waals surface area contributed by atoms with Crippen molar-refractivity contribution in [3.8, 4) is 11.6 Å². The van der Waals surface area contributed by atoms with Gasteiger partial charge in [-0.25, -0.2) is 22.7 Å². The van der Waals surface area contributed by atoms with E-state index in [0.29, 0.717) is 5.75 Å². The molecule has 0 aromatic carbocycles. The van der Waals surface area contributed by atoms with Gasteiger partial charge < -0.3 is 9.47 Å². The van der Waals surface area contributed by atoms with Gasteiger partial charge in [0.1, 0.15) is 0 Å². The smallest absolute Gasteiger partial charge is 0.277 e. The van der Waals surface area contributed by atoms with Crippen LogP contribution in [0.2, 0.25) is 0 Å². The van der Waals surface area contributed by atoms with E-state index >= 15 is 0 Å². The maximum absolute atomic E-state index is 12.3. The molecule has 0 aliphatic heterocycles. The summed E-state index contributed by atoms with van der Waals surface area (Å²) in [6, 6.07) is 1.35. The van der Waals surface area contributed by atoms with Crippen molar-refractivity contribution in [3.63, 3.8) is 0 Å². The summed E-state index contributed by atoms with van der Waals surface area (Å²) in [6.07, 6.45) is 2.78. The summed E-state index contributed by atoms with van der Waals surface area (Å²) in [4.78, 5) is 7.86. The van der Waals surface area contributed by atoms with E-state index in [9.17, 15) is 8.42 Å². The standard InChI is InChI=1S/C10H12N4O4S2/c1-14(10-11-5-7(17-2)6-12-10)20(15,16)9-4-8(18-3)13-19-9/h4-6H,1-3H3. The lowest BCUT2D eigenvalue weighted by Crippen LogP contribution is -2.27. The average molecular weight is 316 g/mol. The molecule has 8 nitrogen and oxygen atoms in total. The normalized spacial score (nSPS) is 11.2. The van der Waals surface area contributed by atoms with Crippen LogP contribution in [0, 0.1) is 0 Å². The number of rotatable bonds is 5. The number of anilines is 1. The van der Waals surface area contributed by atoms with Crippen LogP contribution in [0.25, 0.3) is 0 Å². The zero-order valence-electron chi connectivity index (χ0n) is 11.0. The second-order valence-corrected chi connectivity index (χ2v) is 6.58. The van der Waals surface area contributed by atoms with Gasteiger partial charge in [-0.3, -0.25) is 0 Å². The Kier molecular flexibility index (Phi) is 4.04. The number of aromatic nitrogens is 3. The van der Waals surface area contributed by atoms with Crippen LogP contribution in [0.15, 0.2) is 22.7 Å². The Morgan fingerprint density at radius 2 is 1.85 bits per heavy atom. The van der Waals surface area contributed by atoms with E-state index in [0.717, 1.165) is 15.8 Å². The van der Waals surface area contributed by atoms with E-state index in [2.05, 4.69) is 14.3 Å². The highest BCUT2D eigenvalue weighted by atomic mass is 32.2. The minimum Gasteiger partial charge on any atom is -0.494 e. The monoisotopic (exact) mass is 316 g/mol. The van der Waals surface area contributed by atoms with E-state index in [-0.39, 0.29) is 16.0 Å². The summed E-state index contributed by atoms with van der Waals surface area (Å²) in [7, 11) is 0.500. The number of ether oxygens (including phenoxy) is 2. The van der Waals surface area contributed by atoms with Crippen molar-refractivity contribution in [2.75, 3.05) is 25.6 Å². The zero-order valence-corrected chi connectivity index (χ0v) is 12.6. The minimum absolute atomic E-state index is 0.0400. The van der Waals surface area contributed by atoms with Gasteiger partial charge in [-0.15, -0.1) is 0 Å². The first kappa shape index (κ1) is 14.5. The van der Waals surface area contributed by atoms with Crippen LogP contribution in [-0.4, -0.2) is 44.0 Å². The Balaban J connectivity index is 2.32. The molecule has 2 aromatic rings. The highest BCUT2D eigenvalue weighted by molar-refractivity contribution is 7.94. The SMILES string of the molecule is COc1cnc(N(C)S(=O)(=O)c2cc(OC)ns2)nc1. The molecule has 108 valence electrons. The largest absolute Gasteiger partial charge is 0.494 e. The van der Waals surface area contributed by atoms with Crippen molar-refractivity contribution < 1.29 is 17.9 Å². The van der Waals surface area contributed by atoms with Crippen molar-refractivity contribution in [2.24, 2.45) is 0 Å². The molecule has 2 rings (SSSR count). The molecule has 0 N–H and O–H groups in total. The molecule has 0 bridgehead atoms. The number of nitrogens with zero attached hydrogens (tertiary/aromatic N) is 4. The van der Waals surface area contributed by atoms with Crippen molar-refractivity contribution in [2.45, 2.75) is 4.21 Å². The van der Waals surface area contributed by atoms with Crippen molar-refractivity contribution in [1.82, 2.24) is 14.3 Å². The lowest BCUT2D eigenvalue weighted by molar-refractivity contribution is 0.402. The summed E-state index contributed by atoms with van der Waals surface area (Å²) in [5, 5.41) is 0. The van der Waals surface area contributed by atoms with E-state index in [1.807, 2.05) is 0 Å². The second kappa shape index (κ2) is 5.59. The van der Waals surface area contributed by atoms with Crippen molar-refractivity contribution in [3.05, 3.63) is 18.5 Å². The highest BCUT2D eigenvalue weighted by Gasteiger charge is 2.26. The maximum Gasteiger partial charge on any atom is 0.277 e. The van der Waals surface area contributed by atoms with Gasteiger partial charge in [0.15, 0.2) is 9.96 Å². The van der Waals surface area contributed by atoms with Crippen LogP contribution in [-0.2, 0) is 10.0 Å². The van der Waals surface area contributed by atoms with Crippen LogP contribution in [0.5, 0.6) is 11.6 Å². The Hall–Kier alpha value is -1.94. The van der Waals surface area contributed by atoms with E-state index in [1.165, 1.54) is 39.7 Å². The molecule has 0 saturated carbocycles. The third kappa shape index (κ3) is 2.65. The molecule has 0 amide bonds. The Bertz CT molecular complexity index is 684. The third-order valence-electron chi connectivity index (χ3n) is 2.42. The summed E-state index contributed by atoms with van der Waals surface area (Å²) in [5.41, 5.74) is 0. The molecule has 0 radical (unpaired) electrons. The summed E-state index contributed by atoms with van der Waals surface area (Å²) in [5.74, 6) is 0.731. The molecule has 10 heteroatoms. The van der Waals surface area contributed by atoms with Crippen LogP contribution >= 0.6 is 11.5 Å². The van der Waals surface area contributed by atoms with Crippen molar-refractivity contribution in [1.29, 1.82) is 0 Å². The number of methoxy groups -OCH3 is 2. The van der Waals surface area contributed by atoms with Crippen LogP contribution in [0.3, 0.4) is 0 Å². The fourth-order valence-electron chi connectivity index (χ4n) is 1.28. The average Bonchev–Trinajstić information content (AvgIpc) is 2.96. The first-order chi connectivity index (χ1) is 9.48. The topological polar surface area (TPSA) is 94.5 Å². The third-order valence-corrected chi connectivity index (χ3v) is 5.36.